The Kier molecular flexibility index (Phi) is 4.21. The van der Waals surface area contributed by atoms with Gasteiger partial charge in [-0.1, -0.05) is 15.9 Å². The normalized spacial score (nSPS) is 13.6. The molecule has 0 saturated carbocycles. The molecular formula is C10H11BrF3NO. The van der Waals surface area contributed by atoms with Gasteiger partial charge in [-0.2, -0.15) is 13.2 Å². The zero-order valence-electron chi connectivity index (χ0n) is 8.48. The van der Waals surface area contributed by atoms with Gasteiger partial charge < -0.3 is 10.4 Å². The number of anilines is 1. The third-order valence-corrected chi connectivity index (χ3v) is 2.93. The summed E-state index contributed by atoms with van der Waals surface area (Å²) in [4.78, 5) is 0. The van der Waals surface area contributed by atoms with Crippen molar-refractivity contribution in [3.63, 3.8) is 0 Å². The summed E-state index contributed by atoms with van der Waals surface area (Å²) in [6.45, 7) is 1.28. The molecule has 1 rings (SSSR count). The largest absolute Gasteiger partial charge is 0.416 e. The van der Waals surface area contributed by atoms with Gasteiger partial charge in [0.05, 0.1) is 0 Å². The van der Waals surface area contributed by atoms with E-state index >= 15 is 0 Å². The molecule has 0 saturated heterocycles. The topological polar surface area (TPSA) is 32.3 Å². The van der Waals surface area contributed by atoms with Gasteiger partial charge in [0.2, 0.25) is 0 Å². The average Bonchev–Trinajstić information content (AvgIpc) is 2.18. The number of hydrogen-bond acceptors (Lipinski definition) is 2. The molecule has 0 amide bonds. The van der Waals surface area contributed by atoms with Gasteiger partial charge >= 0.3 is 6.18 Å². The highest BCUT2D eigenvalue weighted by Gasteiger charge is 2.37. The first-order chi connectivity index (χ1) is 7.30. The van der Waals surface area contributed by atoms with Crippen LogP contribution in [0.1, 0.15) is 5.56 Å². The summed E-state index contributed by atoms with van der Waals surface area (Å²) in [6.07, 6.45) is -6.94. The van der Waals surface area contributed by atoms with Crippen molar-refractivity contribution in [2.45, 2.75) is 19.2 Å². The van der Waals surface area contributed by atoms with Crippen LogP contribution in [0, 0.1) is 6.92 Å². The van der Waals surface area contributed by atoms with Crippen LogP contribution in [-0.2, 0) is 0 Å². The molecule has 0 radical (unpaired) electrons. The molecule has 1 unspecified atom stereocenters. The molecular weight excluding hydrogens is 287 g/mol. The quantitative estimate of drug-likeness (QED) is 0.899. The van der Waals surface area contributed by atoms with Crippen molar-refractivity contribution in [3.05, 3.63) is 28.2 Å². The lowest BCUT2D eigenvalue weighted by atomic mass is 10.2. The van der Waals surface area contributed by atoms with Gasteiger partial charge in [0.1, 0.15) is 0 Å². The van der Waals surface area contributed by atoms with E-state index < -0.39 is 18.8 Å². The van der Waals surface area contributed by atoms with Crippen molar-refractivity contribution >= 4 is 21.6 Å². The second kappa shape index (κ2) is 5.05. The van der Waals surface area contributed by atoms with E-state index in [0.717, 1.165) is 10.0 Å². The van der Waals surface area contributed by atoms with Crippen LogP contribution >= 0.6 is 15.9 Å². The fraction of sp³-hybridized carbons (Fsp3) is 0.400. The van der Waals surface area contributed by atoms with Gasteiger partial charge in [0.15, 0.2) is 6.10 Å². The van der Waals surface area contributed by atoms with E-state index in [1.807, 2.05) is 6.92 Å². The summed E-state index contributed by atoms with van der Waals surface area (Å²) in [5, 5.41) is 11.3. The van der Waals surface area contributed by atoms with Crippen LogP contribution in [-0.4, -0.2) is 23.9 Å². The molecule has 0 heterocycles. The van der Waals surface area contributed by atoms with Gasteiger partial charge in [0.25, 0.3) is 0 Å². The molecule has 2 nitrogen and oxygen atoms in total. The lowest BCUT2D eigenvalue weighted by Gasteiger charge is -2.16. The van der Waals surface area contributed by atoms with Crippen molar-refractivity contribution in [1.29, 1.82) is 0 Å². The fourth-order valence-corrected chi connectivity index (χ4v) is 1.33. The highest BCUT2D eigenvalue weighted by Crippen LogP contribution is 2.22. The lowest BCUT2D eigenvalue weighted by molar-refractivity contribution is -0.198. The van der Waals surface area contributed by atoms with Crippen LogP contribution in [0.2, 0.25) is 0 Å². The molecule has 90 valence electrons. The maximum Gasteiger partial charge on any atom is 0.416 e. The van der Waals surface area contributed by atoms with E-state index in [0.29, 0.717) is 5.69 Å². The Morgan fingerprint density at radius 1 is 1.44 bits per heavy atom. The van der Waals surface area contributed by atoms with Crippen molar-refractivity contribution in [3.8, 4) is 0 Å². The molecule has 0 aliphatic rings. The maximum atomic E-state index is 12.0. The van der Waals surface area contributed by atoms with Gasteiger partial charge in [-0.25, -0.2) is 0 Å². The zero-order valence-corrected chi connectivity index (χ0v) is 10.1. The first-order valence-corrected chi connectivity index (χ1v) is 5.35. The van der Waals surface area contributed by atoms with Crippen LogP contribution in [0.4, 0.5) is 18.9 Å². The second-order valence-corrected chi connectivity index (χ2v) is 4.26. The Balaban J connectivity index is 2.58. The average molecular weight is 298 g/mol. The fourth-order valence-electron chi connectivity index (χ4n) is 1.08. The third-order valence-electron chi connectivity index (χ3n) is 2.04. The molecule has 2 N–H and O–H groups in total. The Labute approximate surface area is 99.6 Å². The highest BCUT2D eigenvalue weighted by atomic mass is 79.9. The standard InChI is InChI=1S/C10H11BrF3NO/c1-6-4-7(2-3-8(6)11)15-5-9(16)10(12,13)14/h2-4,9,15-16H,5H2,1H3. The predicted molar refractivity (Wildman–Crippen MR) is 59.4 cm³/mol. The number of nitrogens with one attached hydrogen (secondary N) is 1. The van der Waals surface area contributed by atoms with E-state index in [4.69, 9.17) is 5.11 Å². The monoisotopic (exact) mass is 297 g/mol. The summed E-state index contributed by atoms with van der Waals surface area (Å²) in [7, 11) is 0. The van der Waals surface area contributed by atoms with E-state index in [1.165, 1.54) is 0 Å². The number of aliphatic hydroxyl groups is 1. The molecule has 0 bridgehead atoms. The number of alkyl halides is 3. The first kappa shape index (κ1) is 13.3. The molecule has 1 atom stereocenters. The van der Waals surface area contributed by atoms with Crippen LogP contribution in [0.5, 0.6) is 0 Å². The molecule has 1 aromatic rings. The van der Waals surface area contributed by atoms with Crippen LogP contribution < -0.4 is 5.32 Å². The van der Waals surface area contributed by atoms with Crippen LogP contribution in [0.25, 0.3) is 0 Å². The van der Waals surface area contributed by atoms with Crippen LogP contribution in [0.3, 0.4) is 0 Å². The number of benzene rings is 1. The van der Waals surface area contributed by atoms with Crippen molar-refractivity contribution < 1.29 is 18.3 Å². The Morgan fingerprint density at radius 3 is 2.56 bits per heavy atom. The third kappa shape index (κ3) is 3.68. The van der Waals surface area contributed by atoms with E-state index in [1.54, 1.807) is 18.2 Å². The van der Waals surface area contributed by atoms with E-state index in [9.17, 15) is 13.2 Å². The molecule has 16 heavy (non-hydrogen) atoms. The van der Waals surface area contributed by atoms with Crippen molar-refractivity contribution in [2.24, 2.45) is 0 Å². The summed E-state index contributed by atoms with van der Waals surface area (Å²) in [6, 6.07) is 5.07. The van der Waals surface area contributed by atoms with Crippen molar-refractivity contribution in [2.75, 3.05) is 11.9 Å². The molecule has 0 spiro atoms. The highest BCUT2D eigenvalue weighted by molar-refractivity contribution is 9.10. The molecule has 0 aliphatic carbocycles. The van der Waals surface area contributed by atoms with Crippen molar-refractivity contribution in [1.82, 2.24) is 0 Å². The number of hydrogen-bond donors (Lipinski definition) is 2. The molecule has 0 aliphatic heterocycles. The molecule has 1 aromatic carbocycles. The number of aliphatic hydroxyl groups excluding tert-OH is 1. The number of halogens is 4. The second-order valence-electron chi connectivity index (χ2n) is 3.40. The summed E-state index contributed by atoms with van der Waals surface area (Å²) >= 11 is 3.28. The summed E-state index contributed by atoms with van der Waals surface area (Å²) in [5.41, 5.74) is 1.45. The maximum absolute atomic E-state index is 12.0. The summed E-state index contributed by atoms with van der Waals surface area (Å²) < 4.78 is 36.9. The minimum Gasteiger partial charge on any atom is -0.382 e. The van der Waals surface area contributed by atoms with Gasteiger partial charge in [-0.3, -0.25) is 0 Å². The predicted octanol–water partition coefficient (Wildman–Crippen LogP) is 3.09. The van der Waals surface area contributed by atoms with Crippen LogP contribution in [0.15, 0.2) is 22.7 Å². The number of aryl methyl sites for hydroxylation is 1. The Bertz CT molecular complexity index is 368. The zero-order chi connectivity index (χ0) is 12.3. The van der Waals surface area contributed by atoms with Gasteiger partial charge in [-0.05, 0) is 30.7 Å². The van der Waals surface area contributed by atoms with Gasteiger partial charge in [-0.15, -0.1) is 0 Å². The minimum absolute atomic E-state index is 0.545. The molecule has 0 aromatic heterocycles. The first-order valence-electron chi connectivity index (χ1n) is 4.55. The van der Waals surface area contributed by atoms with E-state index in [-0.39, 0.29) is 0 Å². The summed E-state index contributed by atoms with van der Waals surface area (Å²) in [5.74, 6) is 0. The molecule has 0 fully saturated rings. The Morgan fingerprint density at radius 2 is 2.06 bits per heavy atom. The minimum atomic E-state index is -4.59. The molecule has 6 heteroatoms. The lowest BCUT2D eigenvalue weighted by Crippen LogP contribution is -2.34. The number of rotatable bonds is 3. The smallest absolute Gasteiger partial charge is 0.382 e. The SMILES string of the molecule is Cc1cc(NCC(O)C(F)(F)F)ccc1Br. The Hall–Kier alpha value is -0.750. The van der Waals surface area contributed by atoms with E-state index in [2.05, 4.69) is 21.2 Å². The van der Waals surface area contributed by atoms with Gasteiger partial charge in [0, 0.05) is 16.7 Å².